The third-order valence-electron chi connectivity index (χ3n) is 3.46. The van der Waals surface area contributed by atoms with Gasteiger partial charge in [0, 0.05) is 6.04 Å². The van der Waals surface area contributed by atoms with E-state index in [2.05, 4.69) is 4.98 Å². The average Bonchev–Trinajstić information content (AvgIpc) is 2.90. The number of fused-ring (bicyclic) bond motifs is 1. The maximum Gasteiger partial charge on any atom is 0.184 e. The maximum atomic E-state index is 13.9. The zero-order chi connectivity index (χ0) is 12.0. The Morgan fingerprint density at radius 2 is 1.94 bits per heavy atom. The molecule has 90 valence electrons. The molecular weight excluding hydrogens is 242 g/mol. The van der Waals surface area contributed by atoms with E-state index in [-0.39, 0.29) is 11.6 Å². The van der Waals surface area contributed by atoms with Crippen molar-refractivity contribution in [3.63, 3.8) is 0 Å². The Labute approximate surface area is 102 Å². The molecule has 2 aromatic rings. The molecule has 1 N–H and O–H groups in total. The van der Waals surface area contributed by atoms with Crippen molar-refractivity contribution in [2.45, 2.75) is 31.7 Å². The summed E-state index contributed by atoms with van der Waals surface area (Å²) in [4.78, 5) is 2.94. The highest BCUT2D eigenvalue weighted by atomic mass is 32.1. The van der Waals surface area contributed by atoms with E-state index in [1.807, 2.05) is 0 Å². The number of nitrogens with zero attached hydrogens (tertiary/aromatic N) is 1. The molecule has 0 atom stereocenters. The van der Waals surface area contributed by atoms with E-state index in [1.165, 1.54) is 6.07 Å². The smallest absolute Gasteiger partial charge is 0.184 e. The largest absolute Gasteiger partial charge is 0.330 e. The summed E-state index contributed by atoms with van der Waals surface area (Å²) in [5.41, 5.74) is 0.850. The second kappa shape index (κ2) is 3.91. The molecule has 1 aliphatic rings. The summed E-state index contributed by atoms with van der Waals surface area (Å²) in [5, 5.41) is 0. The van der Waals surface area contributed by atoms with E-state index in [0.717, 1.165) is 31.7 Å². The van der Waals surface area contributed by atoms with Gasteiger partial charge in [0.25, 0.3) is 0 Å². The lowest BCUT2D eigenvalue weighted by molar-refractivity contribution is 0.490. The van der Waals surface area contributed by atoms with E-state index in [1.54, 1.807) is 4.57 Å². The van der Waals surface area contributed by atoms with E-state index < -0.39 is 11.6 Å². The summed E-state index contributed by atoms with van der Waals surface area (Å²) in [7, 11) is 0. The molecule has 0 bridgehead atoms. The molecule has 0 saturated heterocycles. The van der Waals surface area contributed by atoms with Crippen LogP contribution in [0.15, 0.2) is 12.1 Å². The van der Waals surface area contributed by atoms with Crippen LogP contribution in [-0.4, -0.2) is 9.55 Å². The van der Waals surface area contributed by atoms with Crippen LogP contribution in [0.5, 0.6) is 0 Å². The highest BCUT2D eigenvalue weighted by Crippen LogP contribution is 2.33. The highest BCUT2D eigenvalue weighted by molar-refractivity contribution is 7.71. The van der Waals surface area contributed by atoms with Crippen LogP contribution in [0.25, 0.3) is 11.0 Å². The number of H-pyrrole nitrogens is 1. The van der Waals surface area contributed by atoms with Gasteiger partial charge in [-0.15, -0.1) is 0 Å². The Morgan fingerprint density at radius 3 is 2.65 bits per heavy atom. The fraction of sp³-hybridized carbons (Fsp3) is 0.417. The van der Waals surface area contributed by atoms with Gasteiger partial charge in [-0.3, -0.25) is 0 Å². The molecule has 1 saturated carbocycles. The number of aromatic amines is 1. The Balaban J connectivity index is 2.32. The minimum Gasteiger partial charge on any atom is -0.330 e. The number of hydrogen-bond acceptors (Lipinski definition) is 1. The number of halogens is 2. The van der Waals surface area contributed by atoms with Crippen LogP contribution in [0.2, 0.25) is 0 Å². The molecule has 0 unspecified atom stereocenters. The number of aromatic nitrogens is 2. The third kappa shape index (κ3) is 1.60. The summed E-state index contributed by atoms with van der Waals surface area (Å²) < 4.78 is 29.4. The summed E-state index contributed by atoms with van der Waals surface area (Å²) in [6.45, 7) is 0. The van der Waals surface area contributed by atoms with Crippen LogP contribution in [0.4, 0.5) is 8.78 Å². The van der Waals surface area contributed by atoms with Crippen molar-refractivity contribution in [3.05, 3.63) is 28.5 Å². The molecule has 0 amide bonds. The van der Waals surface area contributed by atoms with Gasteiger partial charge in [0.05, 0.1) is 5.52 Å². The molecule has 0 spiro atoms. The van der Waals surface area contributed by atoms with Crippen molar-refractivity contribution < 1.29 is 8.78 Å². The predicted octanol–water partition coefficient (Wildman–Crippen LogP) is 4.09. The summed E-state index contributed by atoms with van der Waals surface area (Å²) in [6.07, 6.45) is 4.21. The lowest BCUT2D eigenvalue weighted by Gasteiger charge is -2.12. The molecule has 1 aromatic carbocycles. The van der Waals surface area contributed by atoms with E-state index in [9.17, 15) is 8.78 Å². The first-order chi connectivity index (χ1) is 8.18. The molecule has 1 aromatic heterocycles. The van der Waals surface area contributed by atoms with Crippen molar-refractivity contribution in [3.8, 4) is 0 Å². The SMILES string of the molecule is Fc1ccc2[nH]c(=S)n(C3CCCC3)c2c1F. The number of benzene rings is 1. The van der Waals surface area contributed by atoms with Crippen molar-refractivity contribution in [2.24, 2.45) is 0 Å². The third-order valence-corrected chi connectivity index (χ3v) is 3.76. The summed E-state index contributed by atoms with van der Waals surface area (Å²) in [6, 6.07) is 2.87. The monoisotopic (exact) mass is 254 g/mol. The number of hydrogen-bond donors (Lipinski definition) is 1. The van der Waals surface area contributed by atoms with Gasteiger partial charge < -0.3 is 9.55 Å². The average molecular weight is 254 g/mol. The Kier molecular flexibility index (Phi) is 2.50. The highest BCUT2D eigenvalue weighted by Gasteiger charge is 2.22. The van der Waals surface area contributed by atoms with Crippen molar-refractivity contribution in [1.29, 1.82) is 0 Å². The van der Waals surface area contributed by atoms with Gasteiger partial charge in [-0.2, -0.15) is 0 Å². The first-order valence-corrected chi connectivity index (χ1v) is 6.17. The van der Waals surface area contributed by atoms with Gasteiger partial charge in [0.2, 0.25) is 0 Å². The first-order valence-electron chi connectivity index (χ1n) is 5.76. The standard InChI is InChI=1S/C12H12F2N2S/c13-8-5-6-9-11(10(8)14)16(12(17)15-9)7-3-1-2-4-7/h5-7H,1-4H2,(H,15,17). The molecule has 1 fully saturated rings. The van der Waals surface area contributed by atoms with Gasteiger partial charge in [-0.1, -0.05) is 12.8 Å². The van der Waals surface area contributed by atoms with Gasteiger partial charge in [0.15, 0.2) is 16.4 Å². The number of nitrogens with one attached hydrogen (secondary N) is 1. The van der Waals surface area contributed by atoms with Crippen LogP contribution < -0.4 is 0 Å². The Bertz CT molecular complexity index is 623. The second-order valence-corrected chi connectivity index (χ2v) is 4.88. The number of rotatable bonds is 1. The molecule has 0 aliphatic heterocycles. The minimum absolute atomic E-state index is 0.201. The van der Waals surface area contributed by atoms with Gasteiger partial charge in [-0.25, -0.2) is 8.78 Å². The Morgan fingerprint density at radius 1 is 1.24 bits per heavy atom. The van der Waals surface area contributed by atoms with Crippen LogP contribution in [0, 0.1) is 16.4 Å². The van der Waals surface area contributed by atoms with Crippen LogP contribution in [0.1, 0.15) is 31.7 Å². The zero-order valence-electron chi connectivity index (χ0n) is 9.17. The minimum atomic E-state index is -0.821. The van der Waals surface area contributed by atoms with E-state index >= 15 is 0 Å². The van der Waals surface area contributed by atoms with E-state index in [4.69, 9.17) is 12.2 Å². The molecule has 3 rings (SSSR count). The lowest BCUT2D eigenvalue weighted by Crippen LogP contribution is -2.06. The van der Waals surface area contributed by atoms with Crippen LogP contribution in [0.3, 0.4) is 0 Å². The maximum absolute atomic E-state index is 13.9. The van der Waals surface area contributed by atoms with Crippen molar-refractivity contribution in [2.75, 3.05) is 0 Å². The molecule has 17 heavy (non-hydrogen) atoms. The predicted molar refractivity (Wildman–Crippen MR) is 64.5 cm³/mol. The second-order valence-electron chi connectivity index (χ2n) is 4.50. The molecule has 1 aliphatic carbocycles. The molecule has 5 heteroatoms. The fourth-order valence-electron chi connectivity index (χ4n) is 2.66. The number of imidazole rings is 1. The molecule has 2 nitrogen and oxygen atoms in total. The van der Waals surface area contributed by atoms with Gasteiger partial charge >= 0.3 is 0 Å². The Hall–Kier alpha value is -1.23. The van der Waals surface area contributed by atoms with Crippen LogP contribution in [-0.2, 0) is 0 Å². The molecule has 0 radical (unpaired) electrons. The molecular formula is C12H12F2N2S. The summed E-state index contributed by atoms with van der Waals surface area (Å²) in [5.74, 6) is -1.63. The topological polar surface area (TPSA) is 20.7 Å². The lowest BCUT2D eigenvalue weighted by atomic mass is 10.2. The van der Waals surface area contributed by atoms with Crippen molar-refractivity contribution in [1.82, 2.24) is 9.55 Å². The quantitative estimate of drug-likeness (QED) is 0.760. The van der Waals surface area contributed by atoms with Gasteiger partial charge in [-0.05, 0) is 37.2 Å². The van der Waals surface area contributed by atoms with Crippen LogP contribution >= 0.6 is 12.2 Å². The molecule has 1 heterocycles. The fourth-order valence-corrected chi connectivity index (χ4v) is 3.01. The van der Waals surface area contributed by atoms with Gasteiger partial charge in [0.1, 0.15) is 5.52 Å². The summed E-state index contributed by atoms with van der Waals surface area (Å²) >= 11 is 5.21. The normalized spacial score (nSPS) is 17.1. The van der Waals surface area contributed by atoms with Crippen molar-refractivity contribution >= 4 is 23.3 Å². The zero-order valence-corrected chi connectivity index (χ0v) is 9.99. The van der Waals surface area contributed by atoms with E-state index in [0.29, 0.717) is 10.3 Å². The first kappa shape index (κ1) is 10.9.